The van der Waals surface area contributed by atoms with Crippen molar-refractivity contribution in [2.75, 3.05) is 33.4 Å². The normalized spacial score (nSPS) is 18.6. The van der Waals surface area contributed by atoms with E-state index in [1.807, 2.05) is 0 Å². The Balaban J connectivity index is 0.00000288. The van der Waals surface area contributed by atoms with E-state index in [0.29, 0.717) is 12.5 Å². The van der Waals surface area contributed by atoms with E-state index in [0.717, 1.165) is 37.9 Å². The van der Waals surface area contributed by atoms with Crippen molar-refractivity contribution in [3.05, 3.63) is 16.1 Å². The largest absolute Gasteiger partial charge is 0.384 e. The molecule has 5 nitrogen and oxygen atoms in total. The minimum atomic E-state index is 0. The number of guanidine groups is 1. The van der Waals surface area contributed by atoms with Crippen LogP contribution in [0.1, 0.15) is 44.8 Å². The molecule has 1 unspecified atom stereocenters. The zero-order valence-electron chi connectivity index (χ0n) is 15.5. The topological polar surface area (TPSA) is 49.8 Å². The molecule has 1 N–H and O–H groups in total. The van der Waals surface area contributed by atoms with Crippen molar-refractivity contribution in [3.63, 3.8) is 0 Å². The van der Waals surface area contributed by atoms with Crippen LogP contribution < -0.4 is 5.32 Å². The molecule has 0 aliphatic carbocycles. The smallest absolute Gasteiger partial charge is 0.194 e. The lowest BCUT2D eigenvalue weighted by Gasteiger charge is -2.21. The highest BCUT2D eigenvalue weighted by Gasteiger charge is 2.24. The van der Waals surface area contributed by atoms with E-state index in [2.05, 4.69) is 43.3 Å². The highest BCUT2D eigenvalue weighted by atomic mass is 127. The molecule has 1 atom stereocenters. The zero-order chi connectivity index (χ0) is 16.9. The minimum absolute atomic E-state index is 0. The van der Waals surface area contributed by atoms with Crippen LogP contribution in [0.15, 0.2) is 10.4 Å². The summed E-state index contributed by atoms with van der Waals surface area (Å²) < 4.78 is 5.28. The summed E-state index contributed by atoms with van der Waals surface area (Å²) in [5.41, 5.74) is 1.17. The Labute approximate surface area is 167 Å². The van der Waals surface area contributed by atoms with Crippen molar-refractivity contribution < 1.29 is 4.74 Å². The van der Waals surface area contributed by atoms with E-state index in [9.17, 15) is 0 Å². The molecule has 1 aliphatic rings. The van der Waals surface area contributed by atoms with Gasteiger partial charge in [0, 0.05) is 43.5 Å². The number of hydrogen-bond donors (Lipinski definition) is 1. The summed E-state index contributed by atoms with van der Waals surface area (Å²) in [4.78, 5) is 11.9. The van der Waals surface area contributed by atoms with Crippen LogP contribution in [-0.4, -0.2) is 49.2 Å². The molecule has 0 saturated carbocycles. The lowest BCUT2D eigenvalue weighted by atomic mass is 9.98. The molecule has 1 fully saturated rings. The summed E-state index contributed by atoms with van der Waals surface area (Å²) in [7, 11) is 1.77. The molecule has 1 aromatic rings. The molecule has 1 aliphatic heterocycles. The number of methoxy groups -OCH3 is 1. The molecule has 2 rings (SSSR count). The molecule has 0 bridgehead atoms. The predicted molar refractivity (Wildman–Crippen MR) is 113 cm³/mol. The zero-order valence-corrected chi connectivity index (χ0v) is 18.6. The van der Waals surface area contributed by atoms with Gasteiger partial charge in [0.15, 0.2) is 5.96 Å². The fourth-order valence-electron chi connectivity index (χ4n) is 2.70. The number of thiazole rings is 1. The monoisotopic (exact) mass is 466 g/mol. The molecule has 2 heterocycles. The number of nitrogens with zero attached hydrogens (tertiary/aromatic N) is 3. The molecule has 0 aromatic carbocycles. The van der Waals surface area contributed by atoms with Crippen molar-refractivity contribution in [1.29, 1.82) is 0 Å². The van der Waals surface area contributed by atoms with Gasteiger partial charge in [-0.2, -0.15) is 0 Å². The Morgan fingerprint density at radius 3 is 2.83 bits per heavy atom. The Hall–Kier alpha value is -0.410. The number of ether oxygens (including phenoxy) is 1. The van der Waals surface area contributed by atoms with E-state index in [4.69, 9.17) is 14.7 Å². The Morgan fingerprint density at radius 1 is 1.50 bits per heavy atom. The highest BCUT2D eigenvalue weighted by molar-refractivity contribution is 14.0. The molecule has 24 heavy (non-hydrogen) atoms. The van der Waals surface area contributed by atoms with Crippen molar-refractivity contribution in [2.24, 2.45) is 10.9 Å². The van der Waals surface area contributed by atoms with Crippen LogP contribution in [-0.2, 0) is 16.7 Å². The number of likely N-dealkylation sites (tertiary alicyclic amines) is 1. The maximum Gasteiger partial charge on any atom is 0.194 e. The molecule has 1 saturated heterocycles. The van der Waals surface area contributed by atoms with E-state index in [1.54, 1.807) is 18.4 Å². The number of aromatic nitrogens is 1. The molecule has 138 valence electrons. The molecular formula is C17H31IN4OS. The van der Waals surface area contributed by atoms with Crippen LogP contribution in [0, 0.1) is 5.92 Å². The Kier molecular flexibility index (Phi) is 8.94. The summed E-state index contributed by atoms with van der Waals surface area (Å²) in [6.45, 7) is 13.1. The Bertz CT molecular complexity index is 527. The first kappa shape index (κ1) is 21.6. The summed E-state index contributed by atoms with van der Waals surface area (Å²) >= 11 is 1.73. The van der Waals surface area contributed by atoms with Gasteiger partial charge in [-0.05, 0) is 13.3 Å². The van der Waals surface area contributed by atoms with Crippen molar-refractivity contribution in [1.82, 2.24) is 15.2 Å². The fraction of sp³-hybridized carbons (Fsp3) is 0.765. The minimum Gasteiger partial charge on any atom is -0.384 e. The van der Waals surface area contributed by atoms with E-state index in [-0.39, 0.29) is 29.4 Å². The van der Waals surface area contributed by atoms with Gasteiger partial charge in [-0.15, -0.1) is 35.3 Å². The van der Waals surface area contributed by atoms with Crippen molar-refractivity contribution in [3.8, 4) is 0 Å². The summed E-state index contributed by atoms with van der Waals surface area (Å²) in [5.74, 6) is 1.60. The van der Waals surface area contributed by atoms with Crippen LogP contribution in [0.5, 0.6) is 0 Å². The summed E-state index contributed by atoms with van der Waals surface area (Å²) in [5, 5.41) is 6.71. The third kappa shape index (κ3) is 6.15. The predicted octanol–water partition coefficient (Wildman–Crippen LogP) is 3.49. The van der Waals surface area contributed by atoms with Gasteiger partial charge in [-0.3, -0.25) is 0 Å². The number of aliphatic imine (C=N–C) groups is 1. The Morgan fingerprint density at radius 2 is 2.25 bits per heavy atom. The maximum absolute atomic E-state index is 5.28. The molecule has 0 radical (unpaired) electrons. The van der Waals surface area contributed by atoms with Crippen molar-refractivity contribution >= 4 is 41.3 Å². The van der Waals surface area contributed by atoms with Gasteiger partial charge in [0.2, 0.25) is 0 Å². The standard InChI is InChI=1S/C17H30N4OS.HI/c1-6-18-16(21-8-7-13(10-21)11-22-5)19-9-14-12-23-15(20-14)17(2,3)4;/h12-13H,6-11H2,1-5H3,(H,18,19);1H. The van der Waals surface area contributed by atoms with Gasteiger partial charge in [0.05, 0.1) is 23.9 Å². The van der Waals surface area contributed by atoms with Gasteiger partial charge in [0.25, 0.3) is 0 Å². The third-order valence-corrected chi connectivity index (χ3v) is 5.22. The van der Waals surface area contributed by atoms with Crippen LogP contribution in [0.4, 0.5) is 0 Å². The van der Waals surface area contributed by atoms with Crippen molar-refractivity contribution in [2.45, 2.75) is 46.1 Å². The van der Waals surface area contributed by atoms with Crippen LogP contribution in [0.2, 0.25) is 0 Å². The summed E-state index contributed by atoms with van der Waals surface area (Å²) in [6, 6.07) is 0. The number of halogens is 1. The van der Waals surface area contributed by atoms with Gasteiger partial charge in [0.1, 0.15) is 0 Å². The molecule has 0 spiro atoms. The molecule has 1 aromatic heterocycles. The van der Waals surface area contributed by atoms with Gasteiger partial charge in [-0.1, -0.05) is 20.8 Å². The van der Waals surface area contributed by atoms with Gasteiger partial charge < -0.3 is 15.0 Å². The number of hydrogen-bond acceptors (Lipinski definition) is 4. The van der Waals surface area contributed by atoms with Crippen LogP contribution in [0.3, 0.4) is 0 Å². The quantitative estimate of drug-likeness (QED) is 0.410. The second kappa shape index (κ2) is 9.91. The first-order chi connectivity index (χ1) is 10.9. The van der Waals surface area contributed by atoms with E-state index < -0.39 is 0 Å². The maximum atomic E-state index is 5.28. The highest BCUT2D eigenvalue weighted by Crippen LogP contribution is 2.25. The van der Waals surface area contributed by atoms with Gasteiger partial charge in [-0.25, -0.2) is 9.98 Å². The average Bonchev–Trinajstić information content (AvgIpc) is 3.12. The van der Waals surface area contributed by atoms with Gasteiger partial charge >= 0.3 is 0 Å². The lowest BCUT2D eigenvalue weighted by Crippen LogP contribution is -2.40. The van der Waals surface area contributed by atoms with E-state index >= 15 is 0 Å². The second-order valence-corrected chi connectivity index (χ2v) is 7.98. The van der Waals surface area contributed by atoms with Crippen LogP contribution >= 0.6 is 35.3 Å². The lowest BCUT2D eigenvalue weighted by molar-refractivity contribution is 0.157. The summed E-state index contributed by atoms with van der Waals surface area (Å²) in [6.07, 6.45) is 1.17. The number of rotatable bonds is 5. The fourth-order valence-corrected chi connectivity index (χ4v) is 3.60. The second-order valence-electron chi connectivity index (χ2n) is 7.12. The van der Waals surface area contributed by atoms with Crippen LogP contribution in [0.25, 0.3) is 0 Å². The average molecular weight is 466 g/mol. The first-order valence-electron chi connectivity index (χ1n) is 8.41. The number of nitrogens with one attached hydrogen (secondary N) is 1. The third-order valence-electron chi connectivity index (χ3n) is 3.91. The SMILES string of the molecule is CCNC(=NCc1csc(C(C)(C)C)n1)N1CCC(COC)C1.I. The molecule has 0 amide bonds. The van der Waals surface area contributed by atoms with E-state index in [1.165, 1.54) is 11.4 Å². The molecular weight excluding hydrogens is 435 g/mol. The first-order valence-corrected chi connectivity index (χ1v) is 9.29. The molecule has 7 heteroatoms.